The largest absolute Gasteiger partial charge is 0.478 e. The molecule has 8 nitrogen and oxygen atoms in total. The Morgan fingerprint density at radius 3 is 2.82 bits per heavy atom. The number of hydrogen-bond donors (Lipinski definition) is 3. The summed E-state index contributed by atoms with van der Waals surface area (Å²) in [4.78, 5) is 19.7. The number of hydrogen-bond acceptors (Lipinski definition) is 7. The maximum absolute atomic E-state index is 13.7. The molecule has 3 aromatic rings. The average Bonchev–Trinajstić information content (AvgIpc) is 3.02. The predicted molar refractivity (Wildman–Crippen MR) is 99.1 cm³/mol. The molecular weight excluding hydrogens is 392 g/mol. The molecule has 3 heterocycles. The summed E-state index contributed by atoms with van der Waals surface area (Å²) in [6, 6.07) is 3.94. The van der Waals surface area contributed by atoms with Crippen LogP contribution in [0.1, 0.15) is 21.6 Å². The van der Waals surface area contributed by atoms with E-state index in [0.29, 0.717) is 24.5 Å². The zero-order valence-electron chi connectivity index (χ0n) is 14.1. The van der Waals surface area contributed by atoms with Gasteiger partial charge >= 0.3 is 5.97 Å². The number of rotatable bonds is 6. The number of anilines is 1. The molecule has 4 rings (SSSR count). The van der Waals surface area contributed by atoms with Crippen molar-refractivity contribution < 1.29 is 22.9 Å². The first-order valence-corrected chi connectivity index (χ1v) is 8.79. The van der Waals surface area contributed by atoms with Crippen LogP contribution < -0.4 is 5.32 Å². The minimum absolute atomic E-state index is 0.0103. The second-order valence-corrected chi connectivity index (χ2v) is 6.65. The lowest BCUT2D eigenvalue weighted by atomic mass is 10.0. The number of carbonyl (C=O) groups is 1. The summed E-state index contributed by atoms with van der Waals surface area (Å²) < 4.78 is 32.8. The van der Waals surface area contributed by atoms with Gasteiger partial charge in [-0.2, -0.15) is 0 Å². The van der Waals surface area contributed by atoms with E-state index in [-0.39, 0.29) is 46.5 Å². The number of nitrogens with zero attached hydrogens (tertiary/aromatic N) is 3. The van der Waals surface area contributed by atoms with Crippen LogP contribution in [0.4, 0.5) is 14.0 Å². The van der Waals surface area contributed by atoms with Crippen molar-refractivity contribution in [3.05, 3.63) is 53.2 Å². The van der Waals surface area contributed by atoms with Gasteiger partial charge in [0.05, 0.1) is 31.2 Å². The standard InChI is InChI=1S/C17H13F2N5O3S/c18-8-1-2-10(12(3-8)22-9-6-27-7-9)14(20)13-4-21-16-15(23-13)11(17(25)26)5-24(16)28-19/h1-5,9,20,22H,6-7H2,(H,25,26). The van der Waals surface area contributed by atoms with Gasteiger partial charge in [0.2, 0.25) is 0 Å². The Hall–Kier alpha value is -3.05. The van der Waals surface area contributed by atoms with E-state index in [1.54, 1.807) is 0 Å². The normalized spacial score (nSPS) is 14.1. The molecule has 0 saturated carbocycles. The highest BCUT2D eigenvalue weighted by Gasteiger charge is 2.23. The van der Waals surface area contributed by atoms with Gasteiger partial charge in [-0.3, -0.25) is 5.41 Å². The number of halogens is 2. The molecule has 0 bridgehead atoms. The van der Waals surface area contributed by atoms with Crippen LogP contribution >= 0.6 is 12.3 Å². The number of aromatic nitrogens is 3. The molecular formula is C17H13F2N5O3S. The lowest BCUT2D eigenvalue weighted by molar-refractivity contribution is 0.0211. The number of benzene rings is 1. The van der Waals surface area contributed by atoms with Gasteiger partial charge in [-0.15, -0.1) is 3.89 Å². The van der Waals surface area contributed by atoms with Crippen molar-refractivity contribution in [1.82, 2.24) is 13.9 Å². The number of ether oxygens (including phenoxy) is 1. The second kappa shape index (κ2) is 7.17. The third-order valence-corrected chi connectivity index (χ3v) is 4.70. The van der Waals surface area contributed by atoms with Crippen molar-refractivity contribution in [3.8, 4) is 0 Å². The molecule has 11 heteroatoms. The summed E-state index contributed by atoms with van der Waals surface area (Å²) in [7, 11) is 0. The first-order chi connectivity index (χ1) is 13.5. The highest BCUT2D eigenvalue weighted by molar-refractivity contribution is 7.92. The van der Waals surface area contributed by atoms with Crippen LogP contribution in [0.15, 0.2) is 30.6 Å². The molecule has 1 saturated heterocycles. The van der Waals surface area contributed by atoms with Crippen molar-refractivity contribution in [3.63, 3.8) is 0 Å². The number of nitrogens with one attached hydrogen (secondary N) is 2. The van der Waals surface area contributed by atoms with E-state index >= 15 is 0 Å². The highest BCUT2D eigenvalue weighted by Crippen LogP contribution is 2.26. The van der Waals surface area contributed by atoms with Crippen LogP contribution in [0, 0.1) is 11.2 Å². The highest BCUT2D eigenvalue weighted by atomic mass is 32.2. The lowest BCUT2D eigenvalue weighted by Crippen LogP contribution is -2.40. The number of carboxylic acid groups (broad SMARTS) is 1. The number of aromatic carboxylic acids is 1. The second-order valence-electron chi connectivity index (χ2n) is 6.11. The molecule has 0 spiro atoms. The van der Waals surface area contributed by atoms with E-state index in [1.807, 2.05) is 0 Å². The molecule has 0 radical (unpaired) electrons. The van der Waals surface area contributed by atoms with E-state index < -0.39 is 11.8 Å². The lowest BCUT2D eigenvalue weighted by Gasteiger charge is -2.28. The van der Waals surface area contributed by atoms with Crippen molar-refractivity contribution in [2.75, 3.05) is 18.5 Å². The van der Waals surface area contributed by atoms with E-state index in [2.05, 4.69) is 15.3 Å². The van der Waals surface area contributed by atoms with Crippen LogP contribution in [0.2, 0.25) is 0 Å². The minimum Gasteiger partial charge on any atom is -0.478 e. The predicted octanol–water partition coefficient (Wildman–Crippen LogP) is 2.88. The summed E-state index contributed by atoms with van der Waals surface area (Å²) in [5, 5.41) is 20.9. The van der Waals surface area contributed by atoms with Gasteiger partial charge < -0.3 is 15.2 Å². The quantitative estimate of drug-likeness (QED) is 0.541. The molecule has 0 unspecified atom stereocenters. The Morgan fingerprint density at radius 2 is 2.18 bits per heavy atom. The Kier molecular flexibility index (Phi) is 4.69. The van der Waals surface area contributed by atoms with E-state index in [0.717, 1.165) is 10.2 Å². The molecule has 1 fully saturated rings. The van der Waals surface area contributed by atoms with Crippen LogP contribution in [0.25, 0.3) is 11.2 Å². The summed E-state index contributed by atoms with van der Waals surface area (Å²) in [6.07, 6.45) is 2.33. The van der Waals surface area contributed by atoms with Gasteiger partial charge in [-0.1, -0.05) is 0 Å². The third-order valence-electron chi connectivity index (χ3n) is 4.27. The molecule has 1 aliphatic heterocycles. The zero-order chi connectivity index (χ0) is 19.8. The Bertz CT molecular complexity index is 1100. The molecule has 2 aromatic heterocycles. The van der Waals surface area contributed by atoms with E-state index in [1.165, 1.54) is 24.4 Å². The third kappa shape index (κ3) is 3.18. The van der Waals surface area contributed by atoms with Crippen molar-refractivity contribution in [2.24, 2.45) is 0 Å². The fourth-order valence-corrected chi connectivity index (χ4v) is 3.17. The summed E-state index contributed by atoms with van der Waals surface area (Å²) in [5.41, 5.74) is 0.541. The number of carboxylic acids is 1. The molecule has 1 aromatic carbocycles. The monoisotopic (exact) mass is 405 g/mol. The Balaban J connectivity index is 1.77. The van der Waals surface area contributed by atoms with E-state index in [4.69, 9.17) is 10.1 Å². The van der Waals surface area contributed by atoms with Crippen LogP contribution in [0.3, 0.4) is 0 Å². The summed E-state index contributed by atoms with van der Waals surface area (Å²) in [6.45, 7) is 0.955. The minimum atomic E-state index is -1.29. The Labute approximate surface area is 161 Å². The van der Waals surface area contributed by atoms with Crippen LogP contribution in [-0.2, 0) is 4.74 Å². The first kappa shape index (κ1) is 18.3. The molecule has 28 heavy (non-hydrogen) atoms. The van der Waals surface area contributed by atoms with Crippen molar-refractivity contribution in [1.29, 1.82) is 5.41 Å². The van der Waals surface area contributed by atoms with Gasteiger partial charge in [0.1, 0.15) is 22.6 Å². The first-order valence-electron chi connectivity index (χ1n) is 8.11. The van der Waals surface area contributed by atoms with E-state index in [9.17, 15) is 18.2 Å². The van der Waals surface area contributed by atoms with Crippen LogP contribution in [-0.4, -0.2) is 50.0 Å². The molecule has 1 aliphatic rings. The summed E-state index contributed by atoms with van der Waals surface area (Å²) >= 11 is -0.199. The molecule has 0 atom stereocenters. The zero-order valence-corrected chi connectivity index (χ0v) is 15.0. The van der Waals surface area contributed by atoms with Gasteiger partial charge in [0, 0.05) is 17.4 Å². The van der Waals surface area contributed by atoms with Crippen LogP contribution in [0.5, 0.6) is 0 Å². The topological polar surface area (TPSA) is 113 Å². The van der Waals surface area contributed by atoms with Gasteiger partial charge in [0.15, 0.2) is 18.0 Å². The van der Waals surface area contributed by atoms with Gasteiger partial charge in [-0.05, 0) is 18.2 Å². The van der Waals surface area contributed by atoms with Crippen molar-refractivity contribution >= 4 is 40.9 Å². The fraction of sp³-hybridized carbons (Fsp3) is 0.176. The molecule has 0 aliphatic carbocycles. The smallest absolute Gasteiger partial charge is 0.339 e. The average molecular weight is 405 g/mol. The maximum Gasteiger partial charge on any atom is 0.339 e. The maximum atomic E-state index is 13.7. The molecule has 144 valence electrons. The molecule has 0 amide bonds. The fourth-order valence-electron chi connectivity index (χ4n) is 2.82. The van der Waals surface area contributed by atoms with Gasteiger partial charge in [0.25, 0.3) is 0 Å². The number of fused-ring (bicyclic) bond motifs is 1. The van der Waals surface area contributed by atoms with Crippen molar-refractivity contribution in [2.45, 2.75) is 6.04 Å². The SMILES string of the molecule is N=C(c1cnc2c(n1)c(C(=O)O)cn2SF)c1ccc(F)cc1NC1COC1. The Morgan fingerprint density at radius 1 is 1.39 bits per heavy atom. The summed E-state index contributed by atoms with van der Waals surface area (Å²) in [5.74, 6) is -1.75. The van der Waals surface area contributed by atoms with Gasteiger partial charge in [-0.25, -0.2) is 23.1 Å². The molecule has 3 N–H and O–H groups in total.